The fourth-order valence-electron chi connectivity index (χ4n) is 5.15. The summed E-state index contributed by atoms with van der Waals surface area (Å²) >= 11 is 5.96. The largest absolute Gasteiger partial charge is 0.493 e. The number of anilines is 1. The quantitative estimate of drug-likeness (QED) is 0.485. The Bertz CT molecular complexity index is 1070. The van der Waals surface area contributed by atoms with E-state index in [0.29, 0.717) is 29.6 Å². The smallest absolute Gasteiger partial charge is 0.253 e. The number of carbonyl (C=O) groups is 1. The molecule has 9 nitrogen and oxygen atoms in total. The Kier molecular flexibility index (Phi) is 7.94. The second-order valence-corrected chi connectivity index (χ2v) is 10.3. The highest BCUT2D eigenvalue weighted by atomic mass is 35.5. The lowest BCUT2D eigenvalue weighted by Gasteiger charge is -2.34. The number of pyridine rings is 1. The van der Waals surface area contributed by atoms with Crippen molar-refractivity contribution in [3.8, 4) is 11.5 Å². The summed E-state index contributed by atoms with van der Waals surface area (Å²) in [6, 6.07) is 9.39. The van der Waals surface area contributed by atoms with Crippen molar-refractivity contribution in [1.82, 2.24) is 9.88 Å². The van der Waals surface area contributed by atoms with Crippen LogP contribution < -0.4 is 14.4 Å². The Morgan fingerprint density at radius 1 is 1.25 bits per heavy atom. The van der Waals surface area contributed by atoms with Gasteiger partial charge in [-0.2, -0.15) is 0 Å². The fourth-order valence-corrected chi connectivity index (χ4v) is 5.26. The van der Waals surface area contributed by atoms with Crippen molar-refractivity contribution in [2.24, 2.45) is 5.41 Å². The van der Waals surface area contributed by atoms with Crippen molar-refractivity contribution >= 4 is 23.3 Å². The van der Waals surface area contributed by atoms with Gasteiger partial charge in [-0.3, -0.25) is 4.79 Å². The predicted molar refractivity (Wildman–Crippen MR) is 136 cm³/mol. The third-order valence-electron chi connectivity index (χ3n) is 7.52. The van der Waals surface area contributed by atoms with Gasteiger partial charge < -0.3 is 34.6 Å². The zero-order valence-corrected chi connectivity index (χ0v) is 21.6. The highest BCUT2D eigenvalue weighted by Gasteiger charge is 2.49. The van der Waals surface area contributed by atoms with Crippen LogP contribution in [0.15, 0.2) is 36.5 Å². The van der Waals surface area contributed by atoms with Gasteiger partial charge >= 0.3 is 0 Å². The molecule has 1 aromatic carbocycles. The average Bonchev–Trinajstić information content (AvgIpc) is 3.48. The maximum atomic E-state index is 12.6. The van der Waals surface area contributed by atoms with Crippen LogP contribution >= 0.6 is 11.6 Å². The fraction of sp³-hybridized carbons (Fsp3) is 0.538. The molecule has 5 atom stereocenters. The first-order valence-corrected chi connectivity index (χ1v) is 12.5. The maximum Gasteiger partial charge on any atom is 0.253 e. The second-order valence-electron chi connectivity index (χ2n) is 9.87. The Morgan fingerprint density at radius 3 is 2.67 bits per heavy atom. The van der Waals surface area contributed by atoms with E-state index in [9.17, 15) is 20.1 Å². The van der Waals surface area contributed by atoms with Crippen molar-refractivity contribution in [3.63, 3.8) is 0 Å². The Labute approximate surface area is 216 Å². The van der Waals surface area contributed by atoms with Gasteiger partial charge in [-0.05, 0) is 36.8 Å². The van der Waals surface area contributed by atoms with Crippen LogP contribution in [-0.4, -0.2) is 89.3 Å². The number of nitrogens with zero attached hydrogens (tertiary/aromatic N) is 3. The summed E-state index contributed by atoms with van der Waals surface area (Å²) in [5, 5.41) is 30.4. The van der Waals surface area contributed by atoms with Gasteiger partial charge in [0.25, 0.3) is 5.91 Å². The minimum Gasteiger partial charge on any atom is -0.493 e. The van der Waals surface area contributed by atoms with Gasteiger partial charge in [0.05, 0.1) is 31.4 Å². The van der Waals surface area contributed by atoms with Crippen LogP contribution in [0.5, 0.6) is 11.5 Å². The second kappa shape index (κ2) is 10.8. The van der Waals surface area contributed by atoms with Crippen molar-refractivity contribution in [2.75, 3.05) is 44.8 Å². The molecule has 196 valence electrons. The average molecular weight is 520 g/mol. The third kappa shape index (κ3) is 5.25. The van der Waals surface area contributed by atoms with Gasteiger partial charge in [0.2, 0.25) is 0 Å². The third-order valence-corrected chi connectivity index (χ3v) is 7.74. The monoisotopic (exact) mass is 519 g/mol. The summed E-state index contributed by atoms with van der Waals surface area (Å²) in [5.74, 6) is 1.29. The number of aromatic nitrogens is 1. The van der Waals surface area contributed by atoms with Crippen LogP contribution in [0.4, 0.5) is 5.82 Å². The van der Waals surface area contributed by atoms with Crippen LogP contribution in [0.3, 0.4) is 0 Å². The molecular formula is C26H34ClN3O6. The van der Waals surface area contributed by atoms with Gasteiger partial charge in [-0.25, -0.2) is 4.98 Å². The highest BCUT2D eigenvalue weighted by molar-refractivity contribution is 6.30. The standard InChI is InChI=1S/C26H34ClN3O6/c1-16(32)26(2)15-30(25(34)21(33)14-31)13-20(26)17-4-6-22(35-3)23(10-17)36-19-8-9-29(12-19)24-7-5-18(27)11-28-24/h4-7,10-11,16,19-21,31-33H,8-9,12-15H2,1-3H3/t16?,19?,20-,21?,26-/m0/s1. The molecule has 0 bridgehead atoms. The number of likely N-dealkylation sites (tertiary alicyclic amines) is 1. The van der Waals surface area contributed by atoms with E-state index >= 15 is 0 Å². The molecule has 2 aliphatic rings. The van der Waals surface area contributed by atoms with Crippen LogP contribution in [-0.2, 0) is 4.79 Å². The number of carbonyl (C=O) groups excluding carboxylic acids is 1. The number of halogens is 1. The van der Waals surface area contributed by atoms with Crippen LogP contribution in [0, 0.1) is 5.41 Å². The van der Waals surface area contributed by atoms with Gasteiger partial charge in [0.15, 0.2) is 17.6 Å². The molecule has 3 heterocycles. The lowest BCUT2D eigenvalue weighted by atomic mass is 9.72. The summed E-state index contributed by atoms with van der Waals surface area (Å²) in [6.45, 7) is 5.03. The molecule has 2 saturated heterocycles. The molecule has 2 aromatic rings. The van der Waals surface area contributed by atoms with E-state index in [1.165, 1.54) is 4.90 Å². The van der Waals surface area contributed by atoms with E-state index in [4.69, 9.17) is 21.1 Å². The van der Waals surface area contributed by atoms with E-state index in [1.54, 1.807) is 20.2 Å². The minimum atomic E-state index is -1.47. The van der Waals surface area contributed by atoms with Gasteiger partial charge in [0.1, 0.15) is 11.9 Å². The number of amides is 1. The summed E-state index contributed by atoms with van der Waals surface area (Å²) < 4.78 is 12.0. The lowest BCUT2D eigenvalue weighted by molar-refractivity contribution is -0.141. The highest BCUT2D eigenvalue weighted by Crippen LogP contribution is 2.47. The normalized spacial score (nSPS) is 25.6. The molecule has 10 heteroatoms. The minimum absolute atomic E-state index is 0.0730. The topological polar surface area (TPSA) is 116 Å². The summed E-state index contributed by atoms with van der Waals surface area (Å²) in [5.41, 5.74) is 0.249. The van der Waals surface area contributed by atoms with Crippen molar-refractivity contribution in [2.45, 2.75) is 44.5 Å². The molecular weight excluding hydrogens is 486 g/mol. The number of ether oxygens (including phenoxy) is 2. The number of aliphatic hydroxyl groups is 3. The number of hydrogen-bond donors (Lipinski definition) is 3. The number of rotatable bonds is 8. The molecule has 3 N–H and O–H groups in total. The van der Waals surface area contributed by atoms with Gasteiger partial charge in [-0.1, -0.05) is 24.6 Å². The van der Waals surface area contributed by atoms with Crippen LogP contribution in [0.1, 0.15) is 31.7 Å². The maximum absolute atomic E-state index is 12.6. The number of hydrogen-bond acceptors (Lipinski definition) is 8. The van der Waals surface area contributed by atoms with E-state index < -0.39 is 30.1 Å². The molecule has 2 aliphatic heterocycles. The number of methoxy groups -OCH3 is 1. The lowest BCUT2D eigenvalue weighted by Crippen LogP contribution is -2.42. The van der Waals surface area contributed by atoms with E-state index in [0.717, 1.165) is 24.3 Å². The van der Waals surface area contributed by atoms with E-state index in [2.05, 4.69) is 9.88 Å². The Morgan fingerprint density at radius 2 is 2.03 bits per heavy atom. The number of benzene rings is 1. The molecule has 0 radical (unpaired) electrons. The molecule has 36 heavy (non-hydrogen) atoms. The molecule has 3 unspecified atom stereocenters. The molecule has 0 saturated carbocycles. The Balaban J connectivity index is 1.55. The molecule has 1 aromatic heterocycles. The van der Waals surface area contributed by atoms with E-state index in [-0.39, 0.29) is 18.6 Å². The predicted octanol–water partition coefficient (Wildman–Crippen LogP) is 2.07. The molecule has 0 aliphatic carbocycles. The molecule has 2 fully saturated rings. The summed E-state index contributed by atoms with van der Waals surface area (Å²) in [4.78, 5) is 20.7. The van der Waals surface area contributed by atoms with Gasteiger partial charge in [0, 0.05) is 43.6 Å². The van der Waals surface area contributed by atoms with Crippen LogP contribution in [0.2, 0.25) is 5.02 Å². The van der Waals surface area contributed by atoms with Gasteiger partial charge in [-0.15, -0.1) is 0 Å². The first-order chi connectivity index (χ1) is 17.2. The van der Waals surface area contributed by atoms with Crippen molar-refractivity contribution < 1.29 is 29.6 Å². The zero-order chi connectivity index (χ0) is 26.0. The first kappa shape index (κ1) is 26.5. The van der Waals surface area contributed by atoms with Crippen molar-refractivity contribution in [1.29, 1.82) is 0 Å². The van der Waals surface area contributed by atoms with E-state index in [1.807, 2.05) is 37.3 Å². The Hall–Kier alpha value is -2.59. The summed E-state index contributed by atoms with van der Waals surface area (Å²) in [7, 11) is 1.59. The first-order valence-electron chi connectivity index (χ1n) is 12.1. The molecule has 1 amide bonds. The molecule has 0 spiro atoms. The zero-order valence-electron chi connectivity index (χ0n) is 20.8. The summed E-state index contributed by atoms with van der Waals surface area (Å²) in [6.07, 6.45) is 0.182. The molecule has 4 rings (SSSR count). The van der Waals surface area contributed by atoms with Crippen LogP contribution in [0.25, 0.3) is 0 Å². The SMILES string of the molecule is COc1ccc([C@@H]2CN(C(=O)C(O)CO)C[C@@]2(C)C(C)O)cc1OC1CCN(c2ccc(Cl)cn2)C1. The van der Waals surface area contributed by atoms with Crippen molar-refractivity contribution in [3.05, 3.63) is 47.1 Å². The number of aliphatic hydroxyl groups excluding tert-OH is 3.